The first-order valence-corrected chi connectivity index (χ1v) is 8.17. The van der Waals surface area contributed by atoms with Gasteiger partial charge in [0.1, 0.15) is 11.5 Å². The highest BCUT2D eigenvalue weighted by molar-refractivity contribution is 6.27. The molecule has 0 spiro atoms. The van der Waals surface area contributed by atoms with Crippen LogP contribution in [0.25, 0.3) is 0 Å². The monoisotopic (exact) mass is 316 g/mol. The second-order valence-corrected chi connectivity index (χ2v) is 7.26. The molecule has 120 valence electrons. The maximum absolute atomic E-state index is 12.0. The zero-order valence-corrected chi connectivity index (χ0v) is 13.9. The minimum atomic E-state index is -0.468. The number of carbonyl (C=O) groups is 2. The lowest BCUT2D eigenvalue weighted by Crippen LogP contribution is -2.40. The number of rotatable bonds is 4. The zero-order chi connectivity index (χ0) is 15.6. The van der Waals surface area contributed by atoms with Crippen LogP contribution in [0.4, 0.5) is 4.79 Å². The van der Waals surface area contributed by atoms with Crippen LogP contribution in [0.3, 0.4) is 0 Å². The van der Waals surface area contributed by atoms with Crippen LogP contribution < -0.4 is 0 Å². The Balaban J connectivity index is 1.84. The number of ether oxygens (including phenoxy) is 1. The number of amides is 2. The van der Waals surface area contributed by atoms with E-state index in [-0.39, 0.29) is 17.9 Å². The summed E-state index contributed by atoms with van der Waals surface area (Å²) in [6, 6.07) is 0.367. The van der Waals surface area contributed by atoms with E-state index in [0.29, 0.717) is 31.6 Å². The van der Waals surface area contributed by atoms with E-state index in [4.69, 9.17) is 16.3 Å². The fourth-order valence-corrected chi connectivity index (χ4v) is 2.82. The summed E-state index contributed by atoms with van der Waals surface area (Å²) >= 11 is 5.68. The van der Waals surface area contributed by atoms with Crippen LogP contribution in [-0.2, 0) is 9.53 Å². The molecule has 21 heavy (non-hydrogen) atoms. The molecule has 5 nitrogen and oxygen atoms in total. The van der Waals surface area contributed by atoms with Gasteiger partial charge in [-0.25, -0.2) is 4.79 Å². The van der Waals surface area contributed by atoms with E-state index in [1.165, 1.54) is 0 Å². The Labute approximate surface area is 131 Å². The lowest BCUT2D eigenvalue weighted by atomic mass is 10.1. The first-order chi connectivity index (χ1) is 9.80. The van der Waals surface area contributed by atoms with E-state index in [0.717, 1.165) is 19.3 Å². The highest BCUT2D eigenvalue weighted by Gasteiger charge is 2.36. The molecular formula is C15H25ClN2O3. The number of carbonyl (C=O) groups excluding carboxylic acids is 2. The molecule has 1 saturated heterocycles. The summed E-state index contributed by atoms with van der Waals surface area (Å²) < 4.78 is 5.39. The third-order valence-corrected chi connectivity index (χ3v) is 4.04. The summed E-state index contributed by atoms with van der Waals surface area (Å²) in [6.45, 7) is 7.67. The third-order valence-electron chi connectivity index (χ3n) is 3.81. The zero-order valence-electron chi connectivity index (χ0n) is 13.1. The van der Waals surface area contributed by atoms with Crippen molar-refractivity contribution in [2.75, 3.05) is 25.5 Å². The van der Waals surface area contributed by atoms with Crippen molar-refractivity contribution in [1.82, 2.24) is 9.80 Å². The van der Waals surface area contributed by atoms with E-state index in [2.05, 4.69) is 0 Å². The Morgan fingerprint density at radius 3 is 2.48 bits per heavy atom. The van der Waals surface area contributed by atoms with Crippen molar-refractivity contribution < 1.29 is 14.3 Å². The highest BCUT2D eigenvalue weighted by atomic mass is 35.5. The Morgan fingerprint density at radius 1 is 1.29 bits per heavy atom. The predicted molar refractivity (Wildman–Crippen MR) is 81.4 cm³/mol. The van der Waals surface area contributed by atoms with Crippen LogP contribution in [0.2, 0.25) is 0 Å². The van der Waals surface area contributed by atoms with E-state index >= 15 is 0 Å². The molecule has 0 aromatic rings. The SMILES string of the molecule is CC(C)(C)OC(=O)N1CCC(CN(C(=O)CCl)C2CC2)C1. The van der Waals surface area contributed by atoms with Gasteiger partial charge in [0, 0.05) is 25.7 Å². The summed E-state index contributed by atoms with van der Waals surface area (Å²) in [7, 11) is 0. The normalized spacial score (nSPS) is 22.3. The molecule has 0 bridgehead atoms. The summed E-state index contributed by atoms with van der Waals surface area (Å²) in [5.41, 5.74) is -0.468. The molecular weight excluding hydrogens is 292 g/mol. The van der Waals surface area contributed by atoms with E-state index < -0.39 is 5.60 Å². The Bertz CT molecular complexity index is 404. The molecule has 1 aliphatic carbocycles. The quantitative estimate of drug-likeness (QED) is 0.749. The van der Waals surface area contributed by atoms with E-state index in [1.54, 1.807) is 4.90 Å². The summed E-state index contributed by atoms with van der Waals surface area (Å²) in [6.07, 6.45) is 2.81. The minimum absolute atomic E-state index is 0.00915. The van der Waals surface area contributed by atoms with Crippen LogP contribution in [0.5, 0.6) is 0 Å². The molecule has 2 rings (SSSR count). The molecule has 0 aromatic carbocycles. The second kappa shape index (κ2) is 6.42. The van der Waals surface area contributed by atoms with Gasteiger partial charge in [-0.3, -0.25) is 4.79 Å². The van der Waals surface area contributed by atoms with Crippen LogP contribution in [-0.4, -0.2) is 59.0 Å². The minimum Gasteiger partial charge on any atom is -0.444 e. The molecule has 1 aliphatic heterocycles. The third kappa shape index (κ3) is 4.77. The van der Waals surface area contributed by atoms with Crippen molar-refractivity contribution in [2.24, 2.45) is 5.92 Å². The number of hydrogen-bond donors (Lipinski definition) is 0. The molecule has 0 aromatic heterocycles. The Morgan fingerprint density at radius 2 is 1.95 bits per heavy atom. The highest BCUT2D eigenvalue weighted by Crippen LogP contribution is 2.30. The molecule has 1 heterocycles. The lowest BCUT2D eigenvalue weighted by molar-refractivity contribution is -0.129. The average Bonchev–Trinajstić information content (AvgIpc) is 3.11. The smallest absolute Gasteiger partial charge is 0.410 e. The molecule has 2 amide bonds. The average molecular weight is 317 g/mol. The number of nitrogens with zero attached hydrogens (tertiary/aromatic N) is 2. The van der Waals surface area contributed by atoms with Crippen molar-refractivity contribution in [3.8, 4) is 0 Å². The maximum atomic E-state index is 12.0. The first-order valence-electron chi connectivity index (χ1n) is 7.63. The van der Waals surface area contributed by atoms with Gasteiger partial charge in [0.15, 0.2) is 0 Å². The maximum Gasteiger partial charge on any atom is 0.410 e. The van der Waals surface area contributed by atoms with Crippen LogP contribution in [0, 0.1) is 5.92 Å². The van der Waals surface area contributed by atoms with Gasteiger partial charge in [0.2, 0.25) is 5.91 Å². The van der Waals surface area contributed by atoms with Gasteiger partial charge in [-0.2, -0.15) is 0 Å². The van der Waals surface area contributed by atoms with Gasteiger partial charge >= 0.3 is 6.09 Å². The molecule has 6 heteroatoms. The molecule has 0 N–H and O–H groups in total. The lowest BCUT2D eigenvalue weighted by Gasteiger charge is -2.26. The van der Waals surface area contributed by atoms with Gasteiger partial charge in [-0.05, 0) is 46.0 Å². The number of alkyl halides is 1. The van der Waals surface area contributed by atoms with Gasteiger partial charge < -0.3 is 14.5 Å². The van der Waals surface area contributed by atoms with Crippen molar-refractivity contribution in [2.45, 2.75) is 51.7 Å². The summed E-state index contributed by atoms with van der Waals surface area (Å²) in [5.74, 6) is 0.374. The fourth-order valence-electron chi connectivity index (χ4n) is 2.67. The predicted octanol–water partition coefficient (Wildman–Crippen LogP) is 2.47. The molecule has 1 unspecified atom stereocenters. The molecule has 1 atom stereocenters. The van der Waals surface area contributed by atoms with Crippen molar-refractivity contribution in [3.63, 3.8) is 0 Å². The van der Waals surface area contributed by atoms with Crippen LogP contribution >= 0.6 is 11.6 Å². The van der Waals surface area contributed by atoms with Crippen LogP contribution in [0.1, 0.15) is 40.0 Å². The van der Waals surface area contributed by atoms with E-state index in [9.17, 15) is 9.59 Å². The standard InChI is InChI=1S/C15H25ClN2O3/c1-15(2,3)21-14(20)17-7-6-11(9-17)10-18(12-4-5-12)13(19)8-16/h11-12H,4-10H2,1-3H3. The second-order valence-electron chi connectivity index (χ2n) is 6.99. The molecule has 0 radical (unpaired) electrons. The van der Waals surface area contributed by atoms with Gasteiger partial charge in [-0.1, -0.05) is 0 Å². The Kier molecular flexibility index (Phi) is 5.02. The van der Waals surface area contributed by atoms with Crippen LogP contribution in [0.15, 0.2) is 0 Å². The van der Waals surface area contributed by atoms with Crippen molar-refractivity contribution in [3.05, 3.63) is 0 Å². The van der Waals surface area contributed by atoms with Gasteiger partial charge in [0.05, 0.1) is 0 Å². The fraction of sp³-hybridized carbons (Fsp3) is 0.867. The molecule has 1 saturated carbocycles. The number of likely N-dealkylation sites (tertiary alicyclic amines) is 1. The topological polar surface area (TPSA) is 49.9 Å². The molecule has 2 aliphatic rings. The van der Waals surface area contributed by atoms with E-state index in [1.807, 2.05) is 25.7 Å². The first kappa shape index (κ1) is 16.4. The number of hydrogen-bond acceptors (Lipinski definition) is 3. The van der Waals surface area contributed by atoms with Gasteiger partial charge in [0.25, 0.3) is 0 Å². The van der Waals surface area contributed by atoms with Crippen molar-refractivity contribution in [1.29, 1.82) is 0 Å². The van der Waals surface area contributed by atoms with Crippen molar-refractivity contribution >= 4 is 23.6 Å². The molecule has 2 fully saturated rings. The largest absolute Gasteiger partial charge is 0.444 e. The Hall–Kier alpha value is -0.970. The summed E-state index contributed by atoms with van der Waals surface area (Å²) in [5, 5.41) is 0. The summed E-state index contributed by atoms with van der Waals surface area (Å²) in [4.78, 5) is 27.5. The number of halogens is 1. The van der Waals surface area contributed by atoms with Gasteiger partial charge in [-0.15, -0.1) is 11.6 Å².